The quantitative estimate of drug-likeness (QED) is 0.924. The summed E-state index contributed by atoms with van der Waals surface area (Å²) in [5.74, 6) is 0.181. The van der Waals surface area contributed by atoms with Crippen LogP contribution in [0.5, 0.6) is 0 Å². The van der Waals surface area contributed by atoms with Crippen molar-refractivity contribution in [1.82, 2.24) is 9.78 Å². The zero-order valence-electron chi connectivity index (χ0n) is 11.3. The van der Waals surface area contributed by atoms with Crippen LogP contribution in [-0.4, -0.2) is 15.7 Å². The predicted molar refractivity (Wildman–Crippen MR) is 83.2 cm³/mol. The first-order valence-corrected chi connectivity index (χ1v) is 7.54. The molecule has 0 unspecified atom stereocenters. The molecule has 1 aliphatic carbocycles. The molecule has 1 amide bonds. The first-order chi connectivity index (χ1) is 10.1. The molecule has 1 N–H and O–H groups in total. The zero-order valence-corrected chi connectivity index (χ0v) is 12.8. The Morgan fingerprint density at radius 1 is 1.33 bits per heavy atom. The van der Waals surface area contributed by atoms with Gasteiger partial charge in [0.25, 0.3) is 5.56 Å². The Morgan fingerprint density at radius 3 is 2.86 bits per heavy atom. The number of hydrogen-bond donors (Lipinski definition) is 1. The van der Waals surface area contributed by atoms with E-state index in [2.05, 4.69) is 26.3 Å². The molecule has 0 saturated heterocycles. The molecular formula is C15H14BrN3O2. The van der Waals surface area contributed by atoms with Crippen molar-refractivity contribution in [2.75, 3.05) is 5.32 Å². The van der Waals surface area contributed by atoms with Crippen molar-refractivity contribution in [3.63, 3.8) is 0 Å². The molecule has 1 saturated carbocycles. The van der Waals surface area contributed by atoms with Crippen LogP contribution in [0.2, 0.25) is 0 Å². The summed E-state index contributed by atoms with van der Waals surface area (Å²) in [5, 5.41) is 7.02. The average Bonchev–Trinajstić information content (AvgIpc) is 3.25. The first kappa shape index (κ1) is 14.0. The highest BCUT2D eigenvalue weighted by Gasteiger charge is 2.25. The van der Waals surface area contributed by atoms with E-state index >= 15 is 0 Å². The lowest BCUT2D eigenvalue weighted by Crippen LogP contribution is -2.29. The third-order valence-corrected chi connectivity index (χ3v) is 3.78. The van der Waals surface area contributed by atoms with Crippen molar-refractivity contribution in [3.8, 4) is 0 Å². The van der Waals surface area contributed by atoms with Crippen molar-refractivity contribution in [3.05, 3.63) is 56.9 Å². The summed E-state index contributed by atoms with van der Waals surface area (Å²) in [5.41, 5.74) is 1.31. The topological polar surface area (TPSA) is 64.0 Å². The normalized spacial score (nSPS) is 14.0. The minimum Gasteiger partial charge on any atom is -0.324 e. The van der Waals surface area contributed by atoms with Crippen molar-refractivity contribution in [2.45, 2.75) is 25.3 Å². The van der Waals surface area contributed by atoms with Gasteiger partial charge >= 0.3 is 0 Å². The van der Waals surface area contributed by atoms with Crippen molar-refractivity contribution < 1.29 is 4.79 Å². The van der Waals surface area contributed by atoms with Crippen LogP contribution in [0.25, 0.3) is 0 Å². The second-order valence-electron chi connectivity index (χ2n) is 5.09. The lowest BCUT2D eigenvalue weighted by atomic mass is 10.3. The number of carbonyl (C=O) groups is 1. The number of nitrogens with one attached hydrogen (secondary N) is 1. The summed E-state index contributed by atoms with van der Waals surface area (Å²) in [4.78, 5) is 23.8. The van der Waals surface area contributed by atoms with Crippen LogP contribution < -0.4 is 10.9 Å². The third kappa shape index (κ3) is 3.58. The lowest BCUT2D eigenvalue weighted by Gasteiger charge is -2.08. The number of anilines is 1. The van der Waals surface area contributed by atoms with E-state index in [-0.39, 0.29) is 18.0 Å². The molecule has 21 heavy (non-hydrogen) atoms. The van der Waals surface area contributed by atoms with E-state index in [1.807, 2.05) is 12.1 Å². The number of nitrogens with zero attached hydrogens (tertiary/aromatic N) is 2. The molecule has 0 spiro atoms. The first-order valence-electron chi connectivity index (χ1n) is 6.75. The highest BCUT2D eigenvalue weighted by atomic mass is 79.9. The van der Waals surface area contributed by atoms with Gasteiger partial charge in [0, 0.05) is 22.1 Å². The maximum Gasteiger partial charge on any atom is 0.267 e. The number of rotatable bonds is 4. The van der Waals surface area contributed by atoms with Gasteiger partial charge in [-0.15, -0.1) is 0 Å². The van der Waals surface area contributed by atoms with Gasteiger partial charge < -0.3 is 5.32 Å². The number of amides is 1. The molecule has 0 bridgehead atoms. The Hall–Kier alpha value is -1.95. The monoisotopic (exact) mass is 347 g/mol. The summed E-state index contributed by atoms with van der Waals surface area (Å²) in [7, 11) is 0. The number of aromatic nitrogens is 2. The predicted octanol–water partition coefficient (Wildman–Crippen LogP) is 2.52. The molecule has 0 atom stereocenters. The molecule has 6 heteroatoms. The highest BCUT2D eigenvalue weighted by Crippen LogP contribution is 2.38. The third-order valence-electron chi connectivity index (χ3n) is 3.28. The zero-order chi connectivity index (χ0) is 14.8. The van der Waals surface area contributed by atoms with Crippen LogP contribution in [0.4, 0.5) is 5.69 Å². The maximum atomic E-state index is 12.0. The SMILES string of the molecule is O=C(Cn1nc(C2CC2)ccc1=O)Nc1cccc(Br)c1. The summed E-state index contributed by atoms with van der Waals surface area (Å²) >= 11 is 3.34. The molecule has 5 nitrogen and oxygen atoms in total. The smallest absolute Gasteiger partial charge is 0.267 e. The second-order valence-corrected chi connectivity index (χ2v) is 6.00. The fourth-order valence-corrected chi connectivity index (χ4v) is 2.48. The molecule has 1 fully saturated rings. The van der Waals surface area contributed by atoms with Gasteiger partial charge in [-0.05, 0) is 37.1 Å². The van der Waals surface area contributed by atoms with Gasteiger partial charge in [-0.25, -0.2) is 4.68 Å². The molecule has 3 rings (SSSR count). The van der Waals surface area contributed by atoms with Gasteiger partial charge in [0.15, 0.2) is 0 Å². The Balaban J connectivity index is 1.72. The van der Waals surface area contributed by atoms with Crippen molar-refractivity contribution in [1.29, 1.82) is 0 Å². The van der Waals surface area contributed by atoms with Crippen LogP contribution >= 0.6 is 15.9 Å². The highest BCUT2D eigenvalue weighted by molar-refractivity contribution is 9.10. The fraction of sp³-hybridized carbons (Fsp3) is 0.267. The van der Waals surface area contributed by atoms with Crippen molar-refractivity contribution in [2.24, 2.45) is 0 Å². The van der Waals surface area contributed by atoms with Crippen LogP contribution in [0, 0.1) is 0 Å². The fourth-order valence-electron chi connectivity index (χ4n) is 2.08. The van der Waals surface area contributed by atoms with Gasteiger partial charge in [-0.3, -0.25) is 9.59 Å². The molecule has 108 valence electrons. The maximum absolute atomic E-state index is 12.0. The molecule has 1 aromatic carbocycles. The average molecular weight is 348 g/mol. The van der Waals surface area contributed by atoms with Gasteiger partial charge in [0.2, 0.25) is 5.91 Å². The van der Waals surface area contributed by atoms with E-state index in [4.69, 9.17) is 0 Å². The molecule has 1 heterocycles. The summed E-state index contributed by atoms with van der Waals surface area (Å²) in [6, 6.07) is 10.5. The Labute approximate surface area is 130 Å². The van der Waals surface area contributed by atoms with E-state index in [1.54, 1.807) is 18.2 Å². The van der Waals surface area contributed by atoms with Crippen LogP contribution in [0.15, 0.2) is 45.7 Å². The van der Waals surface area contributed by atoms with Gasteiger partial charge in [0.1, 0.15) is 6.54 Å². The minimum absolute atomic E-state index is 0.0775. The van der Waals surface area contributed by atoms with Crippen LogP contribution in [0.3, 0.4) is 0 Å². The van der Waals surface area contributed by atoms with Crippen LogP contribution in [-0.2, 0) is 11.3 Å². The Morgan fingerprint density at radius 2 is 2.14 bits per heavy atom. The van der Waals surface area contributed by atoms with Crippen LogP contribution in [0.1, 0.15) is 24.5 Å². The lowest BCUT2D eigenvalue weighted by molar-refractivity contribution is -0.117. The second kappa shape index (κ2) is 5.81. The number of carbonyl (C=O) groups excluding carboxylic acids is 1. The summed E-state index contributed by atoms with van der Waals surface area (Å²) < 4.78 is 2.10. The van der Waals surface area contributed by atoms with E-state index < -0.39 is 0 Å². The molecule has 2 aromatic rings. The summed E-state index contributed by atoms with van der Waals surface area (Å²) in [6.07, 6.45) is 2.21. The van der Waals surface area contributed by atoms with E-state index in [0.29, 0.717) is 11.6 Å². The van der Waals surface area contributed by atoms with Gasteiger partial charge in [0.05, 0.1) is 5.69 Å². The van der Waals surface area contributed by atoms with E-state index in [9.17, 15) is 9.59 Å². The Kier molecular flexibility index (Phi) is 3.88. The van der Waals surface area contributed by atoms with E-state index in [0.717, 1.165) is 23.0 Å². The number of benzene rings is 1. The Bertz CT molecular complexity index is 738. The standard InChI is InChI=1S/C15H14BrN3O2/c16-11-2-1-3-12(8-11)17-14(20)9-19-15(21)7-6-13(18-19)10-4-5-10/h1-3,6-8,10H,4-5,9H2,(H,17,20). The molecule has 1 aromatic heterocycles. The minimum atomic E-state index is -0.268. The number of halogens is 1. The van der Waals surface area contributed by atoms with Gasteiger partial charge in [-0.1, -0.05) is 22.0 Å². The van der Waals surface area contributed by atoms with E-state index in [1.165, 1.54) is 10.7 Å². The molecule has 0 aliphatic heterocycles. The van der Waals surface area contributed by atoms with Gasteiger partial charge in [-0.2, -0.15) is 5.10 Å². The molecular weight excluding hydrogens is 334 g/mol. The summed E-state index contributed by atoms with van der Waals surface area (Å²) in [6.45, 7) is -0.0775. The molecule has 1 aliphatic rings. The largest absolute Gasteiger partial charge is 0.324 e. The number of hydrogen-bond acceptors (Lipinski definition) is 3. The van der Waals surface area contributed by atoms with Crippen molar-refractivity contribution >= 4 is 27.5 Å². The molecule has 0 radical (unpaired) electrons.